The molecule has 1 atom stereocenters. The molecule has 0 aliphatic heterocycles. The van der Waals surface area contributed by atoms with Gasteiger partial charge in [-0.1, -0.05) is 0 Å². The highest BCUT2D eigenvalue weighted by atomic mass is 16.5. The molecule has 0 saturated carbocycles. The van der Waals surface area contributed by atoms with Crippen molar-refractivity contribution in [3.63, 3.8) is 0 Å². The van der Waals surface area contributed by atoms with E-state index in [0.29, 0.717) is 19.6 Å². The summed E-state index contributed by atoms with van der Waals surface area (Å²) in [4.78, 5) is 22.6. The van der Waals surface area contributed by atoms with Crippen LogP contribution >= 0.6 is 0 Å². The summed E-state index contributed by atoms with van der Waals surface area (Å²) in [5.74, 6) is -1.83. The first kappa shape index (κ1) is 14.9. The molecule has 0 rings (SSSR count). The van der Waals surface area contributed by atoms with E-state index < -0.39 is 17.4 Å². The van der Waals surface area contributed by atoms with Gasteiger partial charge in [0.05, 0.1) is 6.61 Å². The maximum Gasteiger partial charge on any atom is 0.323 e. The van der Waals surface area contributed by atoms with Crippen molar-refractivity contribution < 1.29 is 24.2 Å². The number of ether oxygens (including phenoxy) is 2. The minimum Gasteiger partial charge on any atom is -0.480 e. The predicted octanol–water partition coefficient (Wildman–Crippen LogP) is 1.46. The van der Waals surface area contributed by atoms with Gasteiger partial charge in [0.15, 0.2) is 5.41 Å². The molecule has 0 spiro atoms. The van der Waals surface area contributed by atoms with Gasteiger partial charge in [-0.2, -0.15) is 0 Å². The number of carbonyl (C=O) groups is 2. The fourth-order valence-corrected chi connectivity index (χ4v) is 1.26. The van der Waals surface area contributed by atoms with Gasteiger partial charge in [-0.15, -0.1) is 0 Å². The Morgan fingerprint density at radius 3 is 2.31 bits per heavy atom. The number of hydrogen-bond donors (Lipinski definition) is 1. The molecule has 1 unspecified atom stereocenters. The lowest BCUT2D eigenvalue weighted by Crippen LogP contribution is -2.38. The first-order chi connectivity index (χ1) is 7.49. The largest absolute Gasteiger partial charge is 0.480 e. The highest BCUT2D eigenvalue weighted by Crippen LogP contribution is 2.25. The van der Waals surface area contributed by atoms with Crippen LogP contribution in [-0.2, 0) is 19.1 Å². The van der Waals surface area contributed by atoms with Crippen LogP contribution in [0, 0.1) is 5.41 Å². The zero-order valence-corrected chi connectivity index (χ0v) is 10.1. The van der Waals surface area contributed by atoms with Crippen molar-refractivity contribution in [3.8, 4) is 0 Å². The minimum atomic E-state index is -1.47. The lowest BCUT2D eigenvalue weighted by molar-refractivity contribution is -0.168. The van der Waals surface area contributed by atoms with Gasteiger partial charge in [0.25, 0.3) is 0 Å². The zero-order chi connectivity index (χ0) is 12.6. The van der Waals surface area contributed by atoms with E-state index in [1.165, 1.54) is 6.92 Å². The van der Waals surface area contributed by atoms with Crippen molar-refractivity contribution in [1.29, 1.82) is 0 Å². The number of carboxylic acids is 1. The Bertz CT molecular complexity index is 239. The third-order valence-electron chi connectivity index (χ3n) is 2.37. The predicted molar refractivity (Wildman–Crippen MR) is 58.1 cm³/mol. The Kier molecular flexibility index (Phi) is 6.72. The average Bonchev–Trinajstić information content (AvgIpc) is 2.24. The molecule has 0 aliphatic rings. The topological polar surface area (TPSA) is 72.8 Å². The fraction of sp³-hybridized carbons (Fsp3) is 0.818. The second-order valence-corrected chi connectivity index (χ2v) is 3.66. The summed E-state index contributed by atoms with van der Waals surface area (Å²) in [5.41, 5.74) is -1.47. The van der Waals surface area contributed by atoms with Crippen LogP contribution in [0.4, 0.5) is 0 Å². The fourth-order valence-electron chi connectivity index (χ4n) is 1.26. The minimum absolute atomic E-state index is 0.188. The quantitative estimate of drug-likeness (QED) is 0.389. The molecule has 0 saturated heterocycles. The number of carboxylic acid groups (broad SMARTS) is 1. The Hall–Kier alpha value is -1.10. The molecular formula is C11H20O5. The summed E-state index contributed by atoms with van der Waals surface area (Å²) in [7, 11) is 0. The maximum atomic E-state index is 11.5. The van der Waals surface area contributed by atoms with Crippen LogP contribution in [0.15, 0.2) is 0 Å². The van der Waals surface area contributed by atoms with Crippen molar-refractivity contribution >= 4 is 11.9 Å². The van der Waals surface area contributed by atoms with Gasteiger partial charge in [-0.05, 0) is 33.6 Å². The molecule has 1 N–H and O–H groups in total. The van der Waals surface area contributed by atoms with E-state index in [9.17, 15) is 9.59 Å². The number of aliphatic carboxylic acids is 1. The van der Waals surface area contributed by atoms with Crippen molar-refractivity contribution in [2.24, 2.45) is 5.41 Å². The molecule has 0 fully saturated rings. The molecule has 0 amide bonds. The van der Waals surface area contributed by atoms with Gasteiger partial charge in [0.2, 0.25) is 0 Å². The standard InChI is InChI=1S/C11H20O5/c1-4-15-8-6-7-11(3,9(12)13)10(14)16-5-2/h4-8H2,1-3H3,(H,12,13). The van der Waals surface area contributed by atoms with Crippen molar-refractivity contribution in [1.82, 2.24) is 0 Å². The van der Waals surface area contributed by atoms with Crippen molar-refractivity contribution in [2.75, 3.05) is 19.8 Å². The monoisotopic (exact) mass is 232 g/mol. The highest BCUT2D eigenvalue weighted by molar-refractivity contribution is 5.98. The summed E-state index contributed by atoms with van der Waals surface area (Å²) in [6.45, 7) is 6.14. The van der Waals surface area contributed by atoms with Crippen LogP contribution in [0.5, 0.6) is 0 Å². The maximum absolute atomic E-state index is 11.5. The van der Waals surface area contributed by atoms with Crippen LogP contribution < -0.4 is 0 Å². The molecule has 16 heavy (non-hydrogen) atoms. The van der Waals surface area contributed by atoms with Crippen LogP contribution in [0.25, 0.3) is 0 Å². The van der Waals surface area contributed by atoms with E-state index in [1.807, 2.05) is 6.92 Å². The van der Waals surface area contributed by atoms with E-state index in [0.717, 1.165) is 0 Å². The number of esters is 1. The van der Waals surface area contributed by atoms with Crippen LogP contribution in [0.3, 0.4) is 0 Å². The molecule has 0 aromatic carbocycles. The van der Waals surface area contributed by atoms with Crippen molar-refractivity contribution in [2.45, 2.75) is 33.6 Å². The second kappa shape index (κ2) is 7.22. The second-order valence-electron chi connectivity index (χ2n) is 3.66. The zero-order valence-electron chi connectivity index (χ0n) is 10.1. The molecule has 0 aromatic rings. The summed E-state index contributed by atoms with van der Waals surface area (Å²) >= 11 is 0. The third-order valence-corrected chi connectivity index (χ3v) is 2.37. The van der Waals surface area contributed by atoms with Crippen LogP contribution in [-0.4, -0.2) is 36.9 Å². The smallest absolute Gasteiger partial charge is 0.323 e. The molecule has 0 aliphatic carbocycles. The molecular weight excluding hydrogens is 212 g/mol. The molecule has 0 bridgehead atoms. The summed E-state index contributed by atoms with van der Waals surface area (Å²) in [6.07, 6.45) is 0.747. The van der Waals surface area contributed by atoms with Crippen molar-refractivity contribution in [3.05, 3.63) is 0 Å². The molecule has 0 aromatic heterocycles. The van der Waals surface area contributed by atoms with Gasteiger partial charge in [-0.3, -0.25) is 9.59 Å². The SMILES string of the molecule is CCOCCCC(C)(C(=O)O)C(=O)OCC. The molecule has 0 heterocycles. The normalized spacial score (nSPS) is 14.2. The summed E-state index contributed by atoms with van der Waals surface area (Å²) < 4.78 is 9.87. The van der Waals surface area contributed by atoms with E-state index in [4.69, 9.17) is 14.6 Å². The Labute approximate surface area is 95.7 Å². The van der Waals surface area contributed by atoms with Gasteiger partial charge < -0.3 is 14.6 Å². The van der Waals surface area contributed by atoms with Gasteiger partial charge in [0, 0.05) is 13.2 Å². The van der Waals surface area contributed by atoms with Gasteiger partial charge in [-0.25, -0.2) is 0 Å². The Balaban J connectivity index is 4.34. The number of hydrogen-bond acceptors (Lipinski definition) is 4. The molecule has 5 nitrogen and oxygen atoms in total. The van der Waals surface area contributed by atoms with E-state index in [-0.39, 0.29) is 13.0 Å². The van der Waals surface area contributed by atoms with Gasteiger partial charge >= 0.3 is 11.9 Å². The van der Waals surface area contributed by atoms with Crippen LogP contribution in [0.2, 0.25) is 0 Å². The van der Waals surface area contributed by atoms with E-state index in [2.05, 4.69) is 0 Å². The summed E-state index contributed by atoms with van der Waals surface area (Å²) in [5, 5.41) is 9.04. The van der Waals surface area contributed by atoms with E-state index >= 15 is 0 Å². The molecule has 0 radical (unpaired) electrons. The van der Waals surface area contributed by atoms with Gasteiger partial charge in [0.1, 0.15) is 0 Å². The molecule has 94 valence electrons. The average molecular weight is 232 g/mol. The third kappa shape index (κ3) is 4.18. The lowest BCUT2D eigenvalue weighted by atomic mass is 9.85. The first-order valence-corrected chi connectivity index (χ1v) is 5.47. The summed E-state index contributed by atoms with van der Waals surface area (Å²) in [6, 6.07) is 0. The lowest BCUT2D eigenvalue weighted by Gasteiger charge is -2.22. The van der Waals surface area contributed by atoms with Crippen LogP contribution in [0.1, 0.15) is 33.6 Å². The Morgan fingerprint density at radius 1 is 1.25 bits per heavy atom. The van der Waals surface area contributed by atoms with E-state index in [1.54, 1.807) is 6.92 Å². The number of rotatable bonds is 8. The Morgan fingerprint density at radius 2 is 1.88 bits per heavy atom. The number of carbonyl (C=O) groups excluding carboxylic acids is 1. The highest BCUT2D eigenvalue weighted by Gasteiger charge is 2.42. The first-order valence-electron chi connectivity index (χ1n) is 5.47. The molecule has 5 heteroatoms.